The summed E-state index contributed by atoms with van der Waals surface area (Å²) in [5, 5.41) is 2.86. The van der Waals surface area contributed by atoms with Crippen molar-refractivity contribution in [3.05, 3.63) is 108 Å². The quantitative estimate of drug-likeness (QED) is 0.121. The number of benzene rings is 4. The van der Waals surface area contributed by atoms with Crippen molar-refractivity contribution < 1.29 is 44.8 Å². The van der Waals surface area contributed by atoms with Gasteiger partial charge in [0.25, 0.3) is 0 Å². The third kappa shape index (κ3) is 10.1. The van der Waals surface area contributed by atoms with Gasteiger partial charge in [0, 0.05) is 37.0 Å². The largest absolute Gasteiger partial charge is 0.534 e. The fraction of sp³-hybridized carbons (Fsp3) is 0.342. The van der Waals surface area contributed by atoms with Gasteiger partial charge in [0.05, 0.1) is 5.56 Å². The molecule has 1 aliphatic heterocycles. The first-order chi connectivity index (χ1) is 24.1. The number of aryl methyl sites for hydroxylation is 1. The number of hydrogen-bond donors (Lipinski definition) is 1. The molecular weight excluding hydrogens is 685 g/mol. The lowest BCUT2D eigenvalue weighted by atomic mass is 9.99. The van der Waals surface area contributed by atoms with Crippen LogP contribution < -0.4 is 23.9 Å². The summed E-state index contributed by atoms with van der Waals surface area (Å²) in [6.45, 7) is 8.18. The summed E-state index contributed by atoms with van der Waals surface area (Å²) in [4.78, 5) is 14.2. The second-order valence-electron chi connectivity index (χ2n) is 13.2. The van der Waals surface area contributed by atoms with Gasteiger partial charge in [-0.2, -0.15) is 21.6 Å². The van der Waals surface area contributed by atoms with E-state index in [4.69, 9.17) is 18.4 Å². The SMILES string of the molecule is Cc1ccc(-c2c(OCc3ccccc3)cc(N3CCC(NC(=O)OC(C)(C)C)CC3)cc2OS(=O)(=O)C(F)(F)F)cc1OCc1ccccc1. The van der Waals surface area contributed by atoms with E-state index >= 15 is 0 Å². The highest BCUT2D eigenvalue weighted by atomic mass is 32.2. The summed E-state index contributed by atoms with van der Waals surface area (Å²) in [5.41, 5.74) is -3.19. The molecule has 0 bridgehead atoms. The van der Waals surface area contributed by atoms with E-state index in [0.717, 1.165) is 16.7 Å². The number of hydrogen-bond acceptors (Lipinski definition) is 8. The summed E-state index contributed by atoms with van der Waals surface area (Å²) >= 11 is 0. The molecule has 0 radical (unpaired) electrons. The molecule has 0 unspecified atom stereocenters. The number of piperidine rings is 1. The molecule has 272 valence electrons. The maximum absolute atomic E-state index is 13.8. The average molecular weight is 727 g/mol. The molecule has 0 atom stereocenters. The second-order valence-corrected chi connectivity index (χ2v) is 14.8. The van der Waals surface area contributed by atoms with Gasteiger partial charge in [-0.15, -0.1) is 0 Å². The number of ether oxygens (including phenoxy) is 3. The van der Waals surface area contributed by atoms with Crippen molar-refractivity contribution >= 4 is 21.9 Å². The minimum Gasteiger partial charge on any atom is -0.489 e. The van der Waals surface area contributed by atoms with Crippen LogP contribution in [0.15, 0.2) is 91.0 Å². The van der Waals surface area contributed by atoms with Crippen LogP contribution in [-0.4, -0.2) is 44.8 Å². The Bertz CT molecular complexity index is 1910. The van der Waals surface area contributed by atoms with Gasteiger partial charge in [0.15, 0.2) is 5.75 Å². The normalized spacial score (nSPS) is 14.1. The Morgan fingerprint density at radius 1 is 0.804 bits per heavy atom. The van der Waals surface area contributed by atoms with Crippen molar-refractivity contribution in [2.75, 3.05) is 18.0 Å². The van der Waals surface area contributed by atoms with Crippen molar-refractivity contribution in [2.45, 2.75) is 70.9 Å². The molecule has 5 rings (SSSR count). The number of nitrogens with one attached hydrogen (secondary N) is 1. The van der Waals surface area contributed by atoms with Crippen LogP contribution in [0, 0.1) is 6.92 Å². The van der Waals surface area contributed by atoms with Crippen molar-refractivity contribution in [3.8, 4) is 28.4 Å². The smallest absolute Gasteiger partial charge is 0.489 e. The van der Waals surface area contributed by atoms with Crippen LogP contribution in [0.2, 0.25) is 0 Å². The Labute approximate surface area is 296 Å². The highest BCUT2D eigenvalue weighted by molar-refractivity contribution is 7.88. The van der Waals surface area contributed by atoms with Crippen LogP contribution in [0.1, 0.15) is 50.3 Å². The van der Waals surface area contributed by atoms with Crippen molar-refractivity contribution in [2.24, 2.45) is 0 Å². The zero-order valence-corrected chi connectivity index (χ0v) is 29.6. The summed E-state index contributed by atoms with van der Waals surface area (Å²) in [5.74, 6) is -0.00558. The van der Waals surface area contributed by atoms with Crippen molar-refractivity contribution in [3.63, 3.8) is 0 Å². The van der Waals surface area contributed by atoms with Crippen molar-refractivity contribution in [1.29, 1.82) is 0 Å². The maximum atomic E-state index is 13.8. The summed E-state index contributed by atoms with van der Waals surface area (Å²) in [6, 6.07) is 26.4. The Kier molecular flexibility index (Phi) is 11.4. The molecule has 1 N–H and O–H groups in total. The molecule has 4 aromatic carbocycles. The average Bonchev–Trinajstić information content (AvgIpc) is 3.07. The zero-order valence-electron chi connectivity index (χ0n) is 28.8. The predicted octanol–water partition coefficient (Wildman–Crippen LogP) is 8.54. The van der Waals surface area contributed by atoms with E-state index in [1.54, 1.807) is 45.0 Å². The Hall–Kier alpha value is -4.91. The number of rotatable bonds is 11. The van der Waals surface area contributed by atoms with E-state index < -0.39 is 33.1 Å². The maximum Gasteiger partial charge on any atom is 0.534 e. The monoisotopic (exact) mass is 726 g/mol. The number of halogens is 3. The molecular formula is C38H41F3N2O7S. The number of amides is 1. The lowest BCUT2D eigenvalue weighted by molar-refractivity contribution is -0.0500. The summed E-state index contributed by atoms with van der Waals surface area (Å²) in [7, 11) is -6.08. The van der Waals surface area contributed by atoms with Crippen LogP contribution in [0.4, 0.5) is 23.7 Å². The fourth-order valence-corrected chi connectivity index (χ4v) is 5.99. The van der Waals surface area contributed by atoms with E-state index in [0.29, 0.717) is 42.9 Å². The van der Waals surface area contributed by atoms with E-state index in [1.807, 2.05) is 72.5 Å². The second kappa shape index (κ2) is 15.5. The van der Waals surface area contributed by atoms with Gasteiger partial charge < -0.3 is 28.6 Å². The molecule has 9 nitrogen and oxygen atoms in total. The predicted molar refractivity (Wildman–Crippen MR) is 188 cm³/mol. The number of anilines is 1. The molecule has 1 fully saturated rings. The molecule has 4 aromatic rings. The van der Waals surface area contributed by atoms with Crippen molar-refractivity contribution in [1.82, 2.24) is 5.32 Å². The van der Waals surface area contributed by atoms with Crippen LogP contribution in [-0.2, 0) is 28.1 Å². The molecule has 0 aliphatic carbocycles. The van der Waals surface area contributed by atoms with E-state index in [-0.39, 0.29) is 30.6 Å². The third-order valence-corrected chi connectivity index (χ3v) is 9.03. The van der Waals surface area contributed by atoms with Gasteiger partial charge >= 0.3 is 21.7 Å². The van der Waals surface area contributed by atoms with Gasteiger partial charge in [-0.05, 0) is 68.9 Å². The molecule has 0 saturated carbocycles. The number of nitrogens with zero attached hydrogens (tertiary/aromatic N) is 1. The van der Waals surface area contributed by atoms with Gasteiger partial charge in [0.1, 0.15) is 30.3 Å². The molecule has 1 amide bonds. The Morgan fingerprint density at radius 2 is 1.35 bits per heavy atom. The topological polar surface area (TPSA) is 103 Å². The Balaban J connectivity index is 1.54. The van der Waals surface area contributed by atoms with Crippen LogP contribution in [0.5, 0.6) is 17.2 Å². The highest BCUT2D eigenvalue weighted by Gasteiger charge is 2.49. The first-order valence-corrected chi connectivity index (χ1v) is 17.9. The minimum absolute atomic E-state index is 0.00791. The highest BCUT2D eigenvalue weighted by Crippen LogP contribution is 2.46. The molecule has 0 aromatic heterocycles. The van der Waals surface area contributed by atoms with Crippen LogP contribution in [0.25, 0.3) is 11.1 Å². The molecule has 1 saturated heterocycles. The first kappa shape index (κ1) is 37.3. The minimum atomic E-state index is -6.08. The lowest BCUT2D eigenvalue weighted by Crippen LogP contribution is -2.46. The number of alkyl carbamates (subject to hydrolysis) is 1. The zero-order chi connectivity index (χ0) is 36.8. The van der Waals surface area contributed by atoms with Gasteiger partial charge in [0.2, 0.25) is 0 Å². The molecule has 1 heterocycles. The van der Waals surface area contributed by atoms with Gasteiger partial charge in [-0.3, -0.25) is 0 Å². The number of carbonyl (C=O) groups is 1. The van der Waals surface area contributed by atoms with E-state index in [1.165, 1.54) is 6.07 Å². The molecule has 13 heteroatoms. The lowest BCUT2D eigenvalue weighted by Gasteiger charge is -2.35. The fourth-order valence-electron chi connectivity index (χ4n) is 5.53. The number of alkyl halides is 3. The van der Waals surface area contributed by atoms with E-state index in [2.05, 4.69) is 5.32 Å². The molecule has 1 aliphatic rings. The van der Waals surface area contributed by atoms with Gasteiger partial charge in [-0.25, -0.2) is 4.79 Å². The summed E-state index contributed by atoms with van der Waals surface area (Å²) < 4.78 is 89.1. The van der Waals surface area contributed by atoms with Crippen LogP contribution >= 0.6 is 0 Å². The van der Waals surface area contributed by atoms with Crippen LogP contribution in [0.3, 0.4) is 0 Å². The Morgan fingerprint density at radius 3 is 1.90 bits per heavy atom. The standard InChI is InChI=1S/C38H41F3N2O7S/c1-26-15-16-29(21-32(26)47-24-27-11-7-5-8-12-27)35-33(48-25-28-13-9-6-10-14-28)22-31(23-34(35)50-51(45,46)38(39,40)41)43-19-17-30(18-20-43)42-36(44)49-37(2,3)4/h5-16,21-23,30H,17-20,24-25H2,1-4H3,(H,42,44). The number of carbonyl (C=O) groups excluding carboxylic acids is 1. The van der Waals surface area contributed by atoms with Gasteiger partial charge in [-0.1, -0.05) is 72.8 Å². The first-order valence-electron chi connectivity index (χ1n) is 16.5. The summed E-state index contributed by atoms with van der Waals surface area (Å²) in [6.07, 6.45) is 0.455. The van der Waals surface area contributed by atoms with E-state index in [9.17, 15) is 26.4 Å². The third-order valence-electron chi connectivity index (χ3n) is 8.07. The molecule has 0 spiro atoms. The molecule has 51 heavy (non-hydrogen) atoms.